The molecule has 0 saturated heterocycles. The van der Waals surface area contributed by atoms with E-state index >= 15 is 0 Å². The summed E-state index contributed by atoms with van der Waals surface area (Å²) in [4.78, 5) is 0.244. The van der Waals surface area contributed by atoms with Crippen molar-refractivity contribution in [2.24, 2.45) is 0 Å². The van der Waals surface area contributed by atoms with Crippen LogP contribution in [-0.2, 0) is 15.9 Å². The number of unbranched alkanes of at least 4 members (excludes halogenated alkanes) is 2. The van der Waals surface area contributed by atoms with Gasteiger partial charge in [0, 0.05) is 24.0 Å². The zero-order chi connectivity index (χ0) is 15.9. The van der Waals surface area contributed by atoms with Crippen LogP contribution in [0.4, 0.5) is 0 Å². The maximum absolute atomic E-state index is 12.7. The van der Waals surface area contributed by atoms with Crippen LogP contribution >= 0.6 is 23.2 Å². The molecule has 0 saturated carbocycles. The van der Waals surface area contributed by atoms with Crippen LogP contribution < -0.4 is 0 Å². The molecule has 1 aromatic rings. The molecule has 0 aromatic heterocycles. The molecule has 1 aromatic carbocycles. The Morgan fingerprint density at radius 2 is 1.67 bits per heavy atom. The Bertz CT molecular complexity index is 539. The van der Waals surface area contributed by atoms with E-state index in [1.165, 1.54) is 6.07 Å². The first kappa shape index (κ1) is 18.8. The number of rotatable bonds is 9. The molecular weight excluding hydrogens is 329 g/mol. The highest BCUT2D eigenvalue weighted by Gasteiger charge is 2.24. The van der Waals surface area contributed by atoms with Crippen molar-refractivity contribution in [2.75, 3.05) is 13.1 Å². The highest BCUT2D eigenvalue weighted by Crippen LogP contribution is 2.25. The minimum atomic E-state index is -3.49. The minimum Gasteiger partial charge on any atom is -0.207 e. The van der Waals surface area contributed by atoms with Crippen molar-refractivity contribution in [3.63, 3.8) is 0 Å². The van der Waals surface area contributed by atoms with Crippen LogP contribution in [0.3, 0.4) is 0 Å². The van der Waals surface area contributed by atoms with E-state index in [1.54, 1.807) is 16.4 Å². The fourth-order valence-electron chi connectivity index (χ4n) is 1.97. The molecule has 0 radical (unpaired) electrons. The maximum atomic E-state index is 12.7. The molecule has 21 heavy (non-hydrogen) atoms. The van der Waals surface area contributed by atoms with Gasteiger partial charge in [0.2, 0.25) is 10.0 Å². The molecule has 120 valence electrons. The summed E-state index contributed by atoms with van der Waals surface area (Å²) >= 11 is 11.8. The van der Waals surface area contributed by atoms with Gasteiger partial charge in [-0.15, -0.1) is 11.6 Å². The monoisotopic (exact) mass is 351 g/mol. The molecule has 0 spiro atoms. The van der Waals surface area contributed by atoms with E-state index in [9.17, 15) is 8.42 Å². The van der Waals surface area contributed by atoms with Gasteiger partial charge in [0.15, 0.2) is 0 Å². The highest BCUT2D eigenvalue weighted by molar-refractivity contribution is 7.89. The number of hydrogen-bond donors (Lipinski definition) is 0. The first-order chi connectivity index (χ1) is 9.97. The third kappa shape index (κ3) is 5.13. The van der Waals surface area contributed by atoms with E-state index in [4.69, 9.17) is 23.2 Å². The van der Waals surface area contributed by atoms with Gasteiger partial charge in [-0.3, -0.25) is 0 Å². The molecule has 0 fully saturated rings. The Labute approximate surface area is 138 Å². The molecule has 3 nitrogen and oxygen atoms in total. The Morgan fingerprint density at radius 1 is 1.10 bits per heavy atom. The summed E-state index contributed by atoms with van der Waals surface area (Å²) in [6, 6.07) is 4.77. The number of alkyl halides is 1. The molecule has 0 aliphatic heterocycles. The van der Waals surface area contributed by atoms with E-state index in [2.05, 4.69) is 13.8 Å². The van der Waals surface area contributed by atoms with Crippen LogP contribution in [0.1, 0.15) is 45.1 Å². The van der Waals surface area contributed by atoms with Crippen LogP contribution in [0.5, 0.6) is 0 Å². The Hall–Kier alpha value is -0.290. The standard InChI is InChI=1S/C15H23Cl2NO2S/c1-3-5-9-18(10-6-4-2)21(19,20)14-8-7-13(12-16)15(17)11-14/h7-8,11H,3-6,9-10,12H2,1-2H3. The average molecular weight is 352 g/mol. The largest absolute Gasteiger partial charge is 0.243 e. The Morgan fingerprint density at radius 3 is 2.10 bits per heavy atom. The SMILES string of the molecule is CCCCN(CCCC)S(=O)(=O)c1ccc(CCl)c(Cl)c1. The molecule has 6 heteroatoms. The lowest BCUT2D eigenvalue weighted by molar-refractivity contribution is 0.395. The van der Waals surface area contributed by atoms with Gasteiger partial charge in [0.05, 0.1) is 4.90 Å². The second-order valence-corrected chi connectivity index (χ2v) is 7.61. The summed E-state index contributed by atoms with van der Waals surface area (Å²) < 4.78 is 27.0. The molecule has 0 bridgehead atoms. The summed E-state index contributed by atoms with van der Waals surface area (Å²) in [5.41, 5.74) is 0.742. The lowest BCUT2D eigenvalue weighted by Gasteiger charge is -2.22. The van der Waals surface area contributed by atoms with Crippen LogP contribution in [0.2, 0.25) is 5.02 Å². The lowest BCUT2D eigenvalue weighted by Crippen LogP contribution is -2.33. The number of benzene rings is 1. The molecule has 0 aliphatic rings. The van der Waals surface area contributed by atoms with E-state index in [1.807, 2.05) is 0 Å². The smallest absolute Gasteiger partial charge is 0.207 e. The highest BCUT2D eigenvalue weighted by atomic mass is 35.5. The second kappa shape index (κ2) is 8.99. The van der Waals surface area contributed by atoms with Crippen LogP contribution in [0, 0.1) is 0 Å². The third-order valence-corrected chi connectivity index (χ3v) is 5.86. The van der Waals surface area contributed by atoms with E-state index in [0.717, 1.165) is 31.2 Å². The number of nitrogens with zero attached hydrogens (tertiary/aromatic N) is 1. The van der Waals surface area contributed by atoms with E-state index in [-0.39, 0.29) is 10.8 Å². The van der Waals surface area contributed by atoms with Crippen molar-refractivity contribution in [3.05, 3.63) is 28.8 Å². The van der Waals surface area contributed by atoms with Crippen LogP contribution in [-0.4, -0.2) is 25.8 Å². The zero-order valence-corrected chi connectivity index (χ0v) is 14.9. The summed E-state index contributed by atoms with van der Waals surface area (Å²) in [5.74, 6) is 0.272. The van der Waals surface area contributed by atoms with Crippen molar-refractivity contribution in [1.82, 2.24) is 4.31 Å². The van der Waals surface area contributed by atoms with Crippen molar-refractivity contribution in [3.8, 4) is 0 Å². The average Bonchev–Trinajstić information content (AvgIpc) is 2.47. The van der Waals surface area contributed by atoms with Gasteiger partial charge >= 0.3 is 0 Å². The minimum absolute atomic E-state index is 0.244. The number of sulfonamides is 1. The van der Waals surface area contributed by atoms with Gasteiger partial charge in [-0.05, 0) is 30.5 Å². The molecule has 0 atom stereocenters. The zero-order valence-electron chi connectivity index (χ0n) is 12.6. The Kier molecular flexibility index (Phi) is 8.03. The summed E-state index contributed by atoms with van der Waals surface area (Å²) in [6.07, 6.45) is 3.64. The molecule has 1 rings (SSSR count). The van der Waals surface area contributed by atoms with Crippen molar-refractivity contribution in [2.45, 2.75) is 50.3 Å². The lowest BCUT2D eigenvalue weighted by atomic mass is 10.2. The van der Waals surface area contributed by atoms with Gasteiger partial charge in [-0.1, -0.05) is 44.4 Å². The van der Waals surface area contributed by atoms with Crippen molar-refractivity contribution < 1.29 is 8.42 Å². The predicted molar refractivity (Wildman–Crippen MR) is 89.6 cm³/mol. The Balaban J connectivity index is 3.06. The van der Waals surface area contributed by atoms with Gasteiger partial charge in [0.1, 0.15) is 0 Å². The molecule has 0 amide bonds. The summed E-state index contributed by atoms with van der Waals surface area (Å²) in [6.45, 7) is 5.20. The van der Waals surface area contributed by atoms with Crippen LogP contribution in [0.15, 0.2) is 23.1 Å². The summed E-state index contributed by atoms with van der Waals surface area (Å²) in [7, 11) is -3.49. The molecule has 0 heterocycles. The first-order valence-electron chi connectivity index (χ1n) is 7.31. The number of hydrogen-bond acceptors (Lipinski definition) is 2. The quantitative estimate of drug-likeness (QED) is 0.606. The maximum Gasteiger partial charge on any atom is 0.243 e. The molecule has 0 unspecified atom stereocenters. The fraction of sp³-hybridized carbons (Fsp3) is 0.600. The molecule has 0 aliphatic carbocycles. The molecule has 0 N–H and O–H groups in total. The van der Waals surface area contributed by atoms with Gasteiger partial charge < -0.3 is 0 Å². The van der Waals surface area contributed by atoms with Gasteiger partial charge in [-0.25, -0.2) is 8.42 Å². The van der Waals surface area contributed by atoms with Crippen molar-refractivity contribution in [1.29, 1.82) is 0 Å². The topological polar surface area (TPSA) is 37.4 Å². The first-order valence-corrected chi connectivity index (χ1v) is 9.67. The summed E-state index contributed by atoms with van der Waals surface area (Å²) in [5, 5.41) is 0.400. The van der Waals surface area contributed by atoms with Gasteiger partial charge in [0.25, 0.3) is 0 Å². The number of halogens is 2. The second-order valence-electron chi connectivity index (χ2n) is 5.00. The van der Waals surface area contributed by atoms with Crippen LogP contribution in [0.25, 0.3) is 0 Å². The fourth-order valence-corrected chi connectivity index (χ4v) is 4.12. The van der Waals surface area contributed by atoms with E-state index < -0.39 is 10.0 Å². The van der Waals surface area contributed by atoms with Crippen molar-refractivity contribution >= 4 is 33.2 Å². The van der Waals surface area contributed by atoms with E-state index in [0.29, 0.717) is 18.1 Å². The normalized spacial score (nSPS) is 12.0. The predicted octanol–water partition coefficient (Wildman–Crippen LogP) is 4.67. The third-order valence-electron chi connectivity index (χ3n) is 3.33. The molecular formula is C15H23Cl2NO2S. The van der Waals surface area contributed by atoms with Gasteiger partial charge in [-0.2, -0.15) is 4.31 Å².